The van der Waals surface area contributed by atoms with Crippen LogP contribution in [0.4, 0.5) is 0 Å². The molecule has 1 aliphatic rings. The number of pyridine rings is 1. The summed E-state index contributed by atoms with van der Waals surface area (Å²) in [5, 5.41) is 3.80. The Morgan fingerprint density at radius 1 is 1.14 bits per heavy atom. The Hall–Kier alpha value is -1.67. The fourth-order valence-corrected chi connectivity index (χ4v) is 3.44. The lowest BCUT2D eigenvalue weighted by Gasteiger charge is -2.38. The van der Waals surface area contributed by atoms with Gasteiger partial charge in [0.15, 0.2) is 0 Å². The van der Waals surface area contributed by atoms with Crippen molar-refractivity contribution >= 4 is 0 Å². The van der Waals surface area contributed by atoms with Gasteiger partial charge in [0.2, 0.25) is 0 Å². The molecule has 3 rings (SSSR count). The van der Waals surface area contributed by atoms with E-state index in [-0.39, 0.29) is 5.41 Å². The maximum atomic E-state index is 4.10. The molecule has 1 unspecified atom stereocenters. The van der Waals surface area contributed by atoms with E-state index in [1.807, 2.05) is 12.4 Å². The standard InChI is InChI=1S/C19H24N2/c1-14(15-9-12-20-13-10-15)21-18-8-11-19(2,3)17-7-5-4-6-16(17)18/h4-7,9-10,12-14,18,21H,8,11H2,1-3H3/t14-,18?/m0/s1. The van der Waals surface area contributed by atoms with Crippen molar-refractivity contribution in [3.05, 3.63) is 65.5 Å². The molecule has 0 bridgehead atoms. The van der Waals surface area contributed by atoms with Crippen molar-refractivity contribution in [1.29, 1.82) is 0 Å². The van der Waals surface area contributed by atoms with E-state index in [1.54, 1.807) is 0 Å². The molecule has 2 heteroatoms. The Bertz CT molecular complexity index is 604. The molecule has 2 aromatic rings. The summed E-state index contributed by atoms with van der Waals surface area (Å²) in [6.45, 7) is 6.94. The summed E-state index contributed by atoms with van der Waals surface area (Å²) >= 11 is 0. The number of nitrogens with one attached hydrogen (secondary N) is 1. The van der Waals surface area contributed by atoms with E-state index in [2.05, 4.69) is 67.5 Å². The van der Waals surface area contributed by atoms with Crippen LogP contribution in [0.25, 0.3) is 0 Å². The van der Waals surface area contributed by atoms with Gasteiger partial charge in [-0.1, -0.05) is 38.1 Å². The molecule has 1 N–H and O–H groups in total. The van der Waals surface area contributed by atoms with Crippen LogP contribution in [0.15, 0.2) is 48.8 Å². The topological polar surface area (TPSA) is 24.9 Å². The minimum atomic E-state index is 0.286. The van der Waals surface area contributed by atoms with E-state index in [0.29, 0.717) is 12.1 Å². The monoisotopic (exact) mass is 280 g/mol. The number of hydrogen-bond acceptors (Lipinski definition) is 2. The van der Waals surface area contributed by atoms with E-state index in [0.717, 1.165) is 0 Å². The zero-order valence-electron chi connectivity index (χ0n) is 13.1. The van der Waals surface area contributed by atoms with Crippen molar-refractivity contribution in [2.75, 3.05) is 0 Å². The van der Waals surface area contributed by atoms with Gasteiger partial charge in [0, 0.05) is 24.5 Å². The molecular weight excluding hydrogens is 256 g/mol. The van der Waals surface area contributed by atoms with Crippen LogP contribution in [0.3, 0.4) is 0 Å². The summed E-state index contributed by atoms with van der Waals surface area (Å²) in [5.41, 5.74) is 4.55. The highest BCUT2D eigenvalue weighted by molar-refractivity contribution is 5.38. The molecule has 1 aliphatic carbocycles. The lowest BCUT2D eigenvalue weighted by atomic mass is 9.71. The Balaban J connectivity index is 1.84. The van der Waals surface area contributed by atoms with Crippen LogP contribution in [0.2, 0.25) is 0 Å². The second-order valence-electron chi connectivity index (χ2n) is 6.73. The molecule has 21 heavy (non-hydrogen) atoms. The minimum absolute atomic E-state index is 0.286. The van der Waals surface area contributed by atoms with Gasteiger partial charge in [0.25, 0.3) is 0 Å². The Labute approximate surface area is 127 Å². The third-order valence-corrected chi connectivity index (χ3v) is 4.78. The van der Waals surface area contributed by atoms with Crippen LogP contribution >= 0.6 is 0 Å². The van der Waals surface area contributed by atoms with Crippen molar-refractivity contribution in [2.45, 2.75) is 51.1 Å². The number of benzene rings is 1. The second-order valence-corrected chi connectivity index (χ2v) is 6.73. The smallest absolute Gasteiger partial charge is 0.0328 e. The molecule has 0 radical (unpaired) electrons. The van der Waals surface area contributed by atoms with Crippen LogP contribution in [0, 0.1) is 0 Å². The predicted molar refractivity (Wildman–Crippen MR) is 87.2 cm³/mol. The molecule has 110 valence electrons. The van der Waals surface area contributed by atoms with Crippen LogP contribution < -0.4 is 5.32 Å². The third-order valence-electron chi connectivity index (χ3n) is 4.78. The van der Waals surface area contributed by atoms with Gasteiger partial charge in [-0.25, -0.2) is 0 Å². The summed E-state index contributed by atoms with van der Waals surface area (Å²) in [4.78, 5) is 4.10. The van der Waals surface area contributed by atoms with Gasteiger partial charge in [-0.2, -0.15) is 0 Å². The Kier molecular flexibility index (Phi) is 3.81. The first-order valence-electron chi connectivity index (χ1n) is 7.83. The van der Waals surface area contributed by atoms with Crippen LogP contribution in [0.5, 0.6) is 0 Å². The number of nitrogens with zero attached hydrogens (tertiary/aromatic N) is 1. The Morgan fingerprint density at radius 2 is 1.86 bits per heavy atom. The van der Waals surface area contributed by atoms with E-state index < -0.39 is 0 Å². The summed E-state index contributed by atoms with van der Waals surface area (Å²) < 4.78 is 0. The predicted octanol–water partition coefficient (Wildman–Crippen LogP) is 4.54. The van der Waals surface area contributed by atoms with Crippen LogP contribution in [-0.4, -0.2) is 4.98 Å². The van der Waals surface area contributed by atoms with Gasteiger partial charge < -0.3 is 5.32 Å². The van der Waals surface area contributed by atoms with E-state index >= 15 is 0 Å². The number of rotatable bonds is 3. The average Bonchev–Trinajstić information content (AvgIpc) is 2.51. The molecule has 1 aromatic carbocycles. The Morgan fingerprint density at radius 3 is 2.62 bits per heavy atom. The first-order valence-corrected chi connectivity index (χ1v) is 7.83. The lowest BCUT2D eigenvalue weighted by molar-refractivity contribution is 0.340. The van der Waals surface area contributed by atoms with Crippen LogP contribution in [-0.2, 0) is 5.41 Å². The molecule has 2 nitrogen and oxygen atoms in total. The van der Waals surface area contributed by atoms with Crippen molar-refractivity contribution in [3.8, 4) is 0 Å². The average molecular weight is 280 g/mol. The molecule has 0 fully saturated rings. The SMILES string of the molecule is C[C@H](NC1CCC(C)(C)c2ccccc21)c1ccncc1. The van der Waals surface area contributed by atoms with Crippen molar-refractivity contribution in [3.63, 3.8) is 0 Å². The second kappa shape index (κ2) is 5.61. The first-order chi connectivity index (χ1) is 10.1. The van der Waals surface area contributed by atoms with Crippen molar-refractivity contribution in [1.82, 2.24) is 10.3 Å². The fraction of sp³-hybridized carbons (Fsp3) is 0.421. The lowest BCUT2D eigenvalue weighted by Crippen LogP contribution is -2.33. The van der Waals surface area contributed by atoms with Gasteiger partial charge in [-0.3, -0.25) is 4.98 Å². The largest absolute Gasteiger partial charge is 0.303 e. The zero-order chi connectivity index (χ0) is 14.9. The minimum Gasteiger partial charge on any atom is -0.303 e. The van der Waals surface area contributed by atoms with Gasteiger partial charge in [0.05, 0.1) is 0 Å². The van der Waals surface area contributed by atoms with Crippen LogP contribution in [0.1, 0.15) is 62.4 Å². The van der Waals surface area contributed by atoms with Crippen molar-refractivity contribution in [2.24, 2.45) is 0 Å². The maximum absolute atomic E-state index is 4.10. The number of fused-ring (bicyclic) bond motifs is 1. The summed E-state index contributed by atoms with van der Waals surface area (Å²) in [5.74, 6) is 0. The molecule has 0 spiro atoms. The third kappa shape index (κ3) is 2.86. The van der Waals surface area contributed by atoms with Gasteiger partial charge >= 0.3 is 0 Å². The van der Waals surface area contributed by atoms with Gasteiger partial charge in [-0.15, -0.1) is 0 Å². The van der Waals surface area contributed by atoms with Gasteiger partial charge in [0.1, 0.15) is 0 Å². The zero-order valence-corrected chi connectivity index (χ0v) is 13.1. The quantitative estimate of drug-likeness (QED) is 0.892. The van der Waals surface area contributed by atoms with E-state index in [9.17, 15) is 0 Å². The highest BCUT2D eigenvalue weighted by Crippen LogP contribution is 2.42. The molecule has 2 atom stereocenters. The molecule has 0 saturated carbocycles. The summed E-state index contributed by atoms with van der Waals surface area (Å²) in [7, 11) is 0. The number of hydrogen-bond donors (Lipinski definition) is 1. The maximum Gasteiger partial charge on any atom is 0.0328 e. The molecule has 0 amide bonds. The highest BCUT2D eigenvalue weighted by Gasteiger charge is 2.32. The molecule has 0 aliphatic heterocycles. The normalized spacial score (nSPS) is 21.6. The molecule has 1 aromatic heterocycles. The molecule has 0 saturated heterocycles. The summed E-state index contributed by atoms with van der Waals surface area (Å²) in [6.07, 6.45) is 6.15. The molecule has 1 heterocycles. The first kappa shape index (κ1) is 14.3. The molecular formula is C19H24N2. The van der Waals surface area contributed by atoms with Crippen molar-refractivity contribution < 1.29 is 0 Å². The van der Waals surface area contributed by atoms with E-state index in [4.69, 9.17) is 0 Å². The fourth-order valence-electron chi connectivity index (χ4n) is 3.44. The summed E-state index contributed by atoms with van der Waals surface area (Å²) in [6, 6.07) is 13.9. The van der Waals surface area contributed by atoms with Gasteiger partial charge in [-0.05, 0) is 54.0 Å². The van der Waals surface area contributed by atoms with E-state index in [1.165, 1.54) is 29.5 Å². The highest BCUT2D eigenvalue weighted by atomic mass is 14.9. The number of aromatic nitrogens is 1.